The molecule has 1 aromatic carbocycles. The lowest BCUT2D eigenvalue weighted by Gasteiger charge is -2.13. The molecule has 0 amide bonds. The van der Waals surface area contributed by atoms with Crippen molar-refractivity contribution >= 4 is 23.2 Å². The molecule has 6 heteroatoms. The maximum absolute atomic E-state index is 11.3. The Morgan fingerprint density at radius 1 is 1.42 bits per heavy atom. The van der Waals surface area contributed by atoms with Crippen LogP contribution in [0.2, 0.25) is 0 Å². The van der Waals surface area contributed by atoms with Crippen molar-refractivity contribution in [3.63, 3.8) is 0 Å². The molecule has 0 aliphatic carbocycles. The van der Waals surface area contributed by atoms with Gasteiger partial charge in [0.15, 0.2) is 5.78 Å². The second kappa shape index (κ2) is 5.99. The Morgan fingerprint density at radius 2 is 2.05 bits per heavy atom. The molecule has 0 aromatic heterocycles. The van der Waals surface area contributed by atoms with E-state index in [0.29, 0.717) is 11.3 Å². The number of methoxy groups -OCH3 is 1. The van der Waals surface area contributed by atoms with Gasteiger partial charge in [-0.25, -0.2) is 0 Å². The van der Waals surface area contributed by atoms with Crippen LogP contribution in [0.4, 0.5) is 5.69 Å². The van der Waals surface area contributed by atoms with E-state index in [-0.39, 0.29) is 23.6 Å². The first kappa shape index (κ1) is 14.7. The van der Waals surface area contributed by atoms with Crippen LogP contribution in [0.15, 0.2) is 12.1 Å². The summed E-state index contributed by atoms with van der Waals surface area (Å²) >= 11 is 0. The SMILES string of the molecule is COC(=O)CNc1cc(C)c(O)cc1C(=N)C(C)=O. The van der Waals surface area contributed by atoms with Gasteiger partial charge in [-0.2, -0.15) is 0 Å². The van der Waals surface area contributed by atoms with E-state index in [4.69, 9.17) is 5.41 Å². The highest BCUT2D eigenvalue weighted by atomic mass is 16.5. The van der Waals surface area contributed by atoms with Crippen molar-refractivity contribution in [1.82, 2.24) is 0 Å². The molecular formula is C13H16N2O4. The molecule has 0 fully saturated rings. The monoisotopic (exact) mass is 264 g/mol. The van der Waals surface area contributed by atoms with Gasteiger partial charge in [0.2, 0.25) is 0 Å². The summed E-state index contributed by atoms with van der Waals surface area (Å²) in [6, 6.07) is 2.91. The van der Waals surface area contributed by atoms with Crippen LogP contribution in [0, 0.1) is 12.3 Å². The topological polar surface area (TPSA) is 99.5 Å². The van der Waals surface area contributed by atoms with Gasteiger partial charge in [-0.1, -0.05) is 0 Å². The van der Waals surface area contributed by atoms with E-state index in [1.165, 1.54) is 20.1 Å². The van der Waals surface area contributed by atoms with Crippen molar-refractivity contribution in [2.75, 3.05) is 19.0 Å². The van der Waals surface area contributed by atoms with E-state index in [2.05, 4.69) is 10.1 Å². The number of carbonyl (C=O) groups is 2. The molecule has 0 heterocycles. The molecule has 0 atom stereocenters. The second-order valence-corrected chi connectivity index (χ2v) is 4.05. The molecule has 0 unspecified atom stereocenters. The molecule has 0 spiro atoms. The third-order valence-electron chi connectivity index (χ3n) is 2.61. The number of nitrogens with one attached hydrogen (secondary N) is 2. The van der Waals surface area contributed by atoms with Crippen LogP contribution >= 0.6 is 0 Å². The summed E-state index contributed by atoms with van der Waals surface area (Å²) in [6.07, 6.45) is 0. The Bertz CT molecular complexity index is 538. The number of carbonyl (C=O) groups excluding carboxylic acids is 2. The van der Waals surface area contributed by atoms with E-state index in [0.717, 1.165) is 0 Å². The summed E-state index contributed by atoms with van der Waals surface area (Å²) in [5.41, 5.74) is 1.02. The number of ketones is 1. The summed E-state index contributed by atoms with van der Waals surface area (Å²) in [4.78, 5) is 22.4. The number of esters is 1. The third kappa shape index (κ3) is 3.54. The first-order valence-electron chi connectivity index (χ1n) is 5.61. The highest BCUT2D eigenvalue weighted by Gasteiger charge is 2.15. The number of ether oxygens (including phenoxy) is 1. The summed E-state index contributed by atoms with van der Waals surface area (Å²) in [7, 11) is 1.27. The van der Waals surface area contributed by atoms with Gasteiger partial charge in [-0.05, 0) is 24.6 Å². The number of hydrogen-bond donors (Lipinski definition) is 3. The fourth-order valence-electron chi connectivity index (χ4n) is 1.48. The van der Waals surface area contributed by atoms with Crippen LogP contribution in [0.3, 0.4) is 0 Å². The molecule has 0 aliphatic rings. The van der Waals surface area contributed by atoms with Gasteiger partial charge in [0.1, 0.15) is 18.0 Å². The lowest BCUT2D eigenvalue weighted by atomic mass is 10.0. The second-order valence-electron chi connectivity index (χ2n) is 4.05. The van der Waals surface area contributed by atoms with Crippen LogP contribution in [0.1, 0.15) is 18.1 Å². The minimum atomic E-state index is -0.467. The number of phenolic OH excluding ortho intramolecular Hbond substituents is 1. The van der Waals surface area contributed by atoms with E-state index >= 15 is 0 Å². The first-order chi connectivity index (χ1) is 8.86. The molecular weight excluding hydrogens is 248 g/mol. The molecule has 0 saturated carbocycles. The average Bonchev–Trinajstić information content (AvgIpc) is 2.38. The Kier molecular flexibility index (Phi) is 4.63. The molecule has 102 valence electrons. The zero-order valence-corrected chi connectivity index (χ0v) is 11.0. The maximum atomic E-state index is 11.3. The fraction of sp³-hybridized carbons (Fsp3) is 0.308. The summed E-state index contributed by atoms with van der Waals surface area (Å²) in [5.74, 6) is -0.903. The minimum absolute atomic E-state index is 0.00961. The van der Waals surface area contributed by atoms with Crippen molar-refractivity contribution in [2.24, 2.45) is 0 Å². The average molecular weight is 264 g/mol. The standard InChI is InChI=1S/C13H16N2O4/c1-7-4-10(15-6-12(18)19-3)9(5-11(7)17)13(14)8(2)16/h4-5,14-15,17H,6H2,1-3H3. The predicted octanol–water partition coefficient (Wildman–Crippen LogP) is 1.24. The van der Waals surface area contributed by atoms with Crippen molar-refractivity contribution < 1.29 is 19.4 Å². The van der Waals surface area contributed by atoms with Gasteiger partial charge in [0.25, 0.3) is 0 Å². The third-order valence-corrected chi connectivity index (χ3v) is 2.61. The Balaban J connectivity index is 3.13. The molecule has 6 nitrogen and oxygen atoms in total. The Hall–Kier alpha value is -2.37. The zero-order valence-electron chi connectivity index (χ0n) is 11.0. The highest BCUT2D eigenvalue weighted by molar-refractivity contribution is 6.45. The number of benzene rings is 1. The van der Waals surface area contributed by atoms with Crippen LogP contribution in [0.5, 0.6) is 5.75 Å². The predicted molar refractivity (Wildman–Crippen MR) is 70.9 cm³/mol. The summed E-state index contributed by atoms with van der Waals surface area (Å²) < 4.78 is 4.50. The lowest BCUT2D eigenvalue weighted by Crippen LogP contribution is -2.18. The minimum Gasteiger partial charge on any atom is -0.508 e. The molecule has 19 heavy (non-hydrogen) atoms. The van der Waals surface area contributed by atoms with Crippen molar-refractivity contribution in [3.8, 4) is 5.75 Å². The van der Waals surface area contributed by atoms with Crippen LogP contribution in [-0.2, 0) is 14.3 Å². The van der Waals surface area contributed by atoms with Gasteiger partial charge < -0.3 is 15.2 Å². The van der Waals surface area contributed by atoms with Gasteiger partial charge in [0.05, 0.1) is 7.11 Å². The molecule has 1 rings (SSSR count). The molecule has 0 bridgehead atoms. The number of anilines is 1. The van der Waals surface area contributed by atoms with Gasteiger partial charge >= 0.3 is 5.97 Å². The number of rotatable bonds is 5. The number of hydrogen-bond acceptors (Lipinski definition) is 6. The Labute approximate surface area is 110 Å². The van der Waals surface area contributed by atoms with E-state index in [1.807, 2.05) is 0 Å². The molecule has 3 N–H and O–H groups in total. The fourth-order valence-corrected chi connectivity index (χ4v) is 1.48. The number of aryl methyl sites for hydroxylation is 1. The lowest BCUT2D eigenvalue weighted by molar-refractivity contribution is -0.138. The molecule has 0 aliphatic heterocycles. The normalized spacial score (nSPS) is 9.84. The first-order valence-corrected chi connectivity index (χ1v) is 5.61. The largest absolute Gasteiger partial charge is 0.508 e. The summed E-state index contributed by atoms with van der Waals surface area (Å²) in [5, 5.41) is 20.1. The van der Waals surface area contributed by atoms with Crippen LogP contribution in [-0.4, -0.2) is 36.2 Å². The van der Waals surface area contributed by atoms with E-state index in [1.54, 1.807) is 13.0 Å². The number of Topliss-reactive ketones (excluding diaryl/α,β-unsaturated/α-hetero) is 1. The van der Waals surface area contributed by atoms with Gasteiger partial charge in [-0.3, -0.25) is 15.0 Å². The van der Waals surface area contributed by atoms with E-state index < -0.39 is 11.8 Å². The van der Waals surface area contributed by atoms with Crippen LogP contribution < -0.4 is 5.32 Å². The summed E-state index contributed by atoms with van der Waals surface area (Å²) in [6.45, 7) is 2.86. The van der Waals surface area contributed by atoms with Gasteiger partial charge in [-0.15, -0.1) is 0 Å². The van der Waals surface area contributed by atoms with Crippen molar-refractivity contribution in [2.45, 2.75) is 13.8 Å². The molecule has 1 aromatic rings. The van der Waals surface area contributed by atoms with Crippen molar-refractivity contribution in [1.29, 1.82) is 5.41 Å². The van der Waals surface area contributed by atoms with Crippen molar-refractivity contribution in [3.05, 3.63) is 23.3 Å². The maximum Gasteiger partial charge on any atom is 0.325 e. The number of phenols is 1. The molecule has 0 radical (unpaired) electrons. The van der Waals surface area contributed by atoms with E-state index in [9.17, 15) is 14.7 Å². The number of aromatic hydroxyl groups is 1. The Morgan fingerprint density at radius 3 is 2.58 bits per heavy atom. The molecule has 0 saturated heterocycles. The quantitative estimate of drug-likeness (QED) is 0.422. The smallest absolute Gasteiger partial charge is 0.325 e. The zero-order chi connectivity index (χ0) is 14.6. The highest BCUT2D eigenvalue weighted by Crippen LogP contribution is 2.26. The van der Waals surface area contributed by atoms with Gasteiger partial charge in [0, 0.05) is 18.2 Å². The van der Waals surface area contributed by atoms with Crippen LogP contribution in [0.25, 0.3) is 0 Å².